The number of carbonyl (C=O) groups is 2. The van der Waals surface area contributed by atoms with Crippen LogP contribution in [-0.2, 0) is 9.59 Å². The van der Waals surface area contributed by atoms with Gasteiger partial charge in [-0.15, -0.1) is 11.3 Å². The molecule has 5 nitrogen and oxygen atoms in total. The Labute approximate surface area is 171 Å². The van der Waals surface area contributed by atoms with Gasteiger partial charge in [0.25, 0.3) is 5.78 Å². The number of aromatic nitrogens is 1. The van der Waals surface area contributed by atoms with E-state index in [1.54, 1.807) is 29.6 Å². The van der Waals surface area contributed by atoms with E-state index < -0.39 is 23.5 Å². The predicted molar refractivity (Wildman–Crippen MR) is 107 cm³/mol. The molecule has 3 aromatic rings. The lowest BCUT2D eigenvalue weighted by molar-refractivity contribution is -0.132. The van der Waals surface area contributed by atoms with Crippen molar-refractivity contribution in [2.45, 2.75) is 6.04 Å². The number of nitrogens with zero attached hydrogens (tertiary/aromatic N) is 2. The third-order valence-corrected chi connectivity index (χ3v) is 5.67. The van der Waals surface area contributed by atoms with Crippen LogP contribution in [-0.4, -0.2) is 21.8 Å². The molecule has 0 radical (unpaired) electrons. The van der Waals surface area contributed by atoms with Crippen molar-refractivity contribution in [1.82, 2.24) is 4.98 Å². The summed E-state index contributed by atoms with van der Waals surface area (Å²) in [5, 5.41) is 12.9. The fourth-order valence-electron chi connectivity index (χ4n) is 3.09. The van der Waals surface area contributed by atoms with Gasteiger partial charge in [-0.2, -0.15) is 0 Å². The molecule has 2 aromatic carbocycles. The summed E-state index contributed by atoms with van der Waals surface area (Å²) in [6.07, 6.45) is 1.52. The summed E-state index contributed by atoms with van der Waals surface area (Å²) >= 11 is 4.52. The minimum atomic E-state index is -0.907. The first-order chi connectivity index (χ1) is 13.5. The summed E-state index contributed by atoms with van der Waals surface area (Å²) in [5.74, 6) is -2.34. The third kappa shape index (κ3) is 3.14. The minimum absolute atomic E-state index is 0.0610. The van der Waals surface area contributed by atoms with E-state index in [-0.39, 0.29) is 11.3 Å². The summed E-state index contributed by atoms with van der Waals surface area (Å²) in [6.45, 7) is 0. The normalized spacial score (nSPS) is 18.6. The molecule has 8 heteroatoms. The quantitative estimate of drug-likeness (QED) is 0.351. The number of rotatable bonds is 3. The van der Waals surface area contributed by atoms with E-state index >= 15 is 0 Å². The first-order valence-corrected chi connectivity index (χ1v) is 9.86. The Morgan fingerprint density at radius 3 is 2.39 bits per heavy atom. The van der Waals surface area contributed by atoms with Crippen LogP contribution in [0.5, 0.6) is 0 Å². The summed E-state index contributed by atoms with van der Waals surface area (Å²) in [6, 6.07) is 11.3. The Hall–Kier alpha value is -2.84. The van der Waals surface area contributed by atoms with E-state index in [2.05, 4.69) is 20.9 Å². The number of hydrogen-bond donors (Lipinski definition) is 1. The van der Waals surface area contributed by atoms with Crippen LogP contribution in [0.1, 0.15) is 17.2 Å². The molecular weight excluding hydrogens is 447 g/mol. The summed E-state index contributed by atoms with van der Waals surface area (Å²) in [4.78, 5) is 31.0. The predicted octanol–water partition coefficient (Wildman–Crippen LogP) is 4.67. The molecule has 4 rings (SSSR count). The molecule has 1 N–H and O–H groups in total. The molecule has 0 aliphatic carbocycles. The maximum Gasteiger partial charge on any atom is 0.301 e. The van der Waals surface area contributed by atoms with Crippen molar-refractivity contribution in [1.29, 1.82) is 0 Å². The number of benzene rings is 2. The van der Waals surface area contributed by atoms with Gasteiger partial charge in [-0.1, -0.05) is 40.2 Å². The number of ketones is 1. The molecule has 1 aromatic heterocycles. The number of Topliss-reactive ketones (excluding diaryl/α,β-unsaturated/α-hetero) is 1. The first-order valence-electron chi connectivity index (χ1n) is 8.19. The number of aliphatic hydroxyl groups is 1. The van der Waals surface area contributed by atoms with Crippen LogP contribution in [0.2, 0.25) is 0 Å². The van der Waals surface area contributed by atoms with Crippen LogP contribution >= 0.6 is 27.3 Å². The van der Waals surface area contributed by atoms with Gasteiger partial charge in [0.15, 0.2) is 5.13 Å². The van der Waals surface area contributed by atoms with E-state index in [0.29, 0.717) is 16.3 Å². The van der Waals surface area contributed by atoms with Crippen molar-refractivity contribution in [2.75, 3.05) is 4.90 Å². The molecule has 0 bridgehead atoms. The molecule has 1 aliphatic heterocycles. The number of halogens is 2. The molecule has 0 unspecified atom stereocenters. The maximum atomic E-state index is 13.4. The van der Waals surface area contributed by atoms with E-state index in [9.17, 15) is 19.1 Å². The van der Waals surface area contributed by atoms with Gasteiger partial charge in [0.1, 0.15) is 11.6 Å². The van der Waals surface area contributed by atoms with Crippen LogP contribution < -0.4 is 4.90 Å². The second-order valence-electron chi connectivity index (χ2n) is 6.04. The van der Waals surface area contributed by atoms with Crippen LogP contribution in [0.4, 0.5) is 9.52 Å². The second kappa shape index (κ2) is 7.29. The van der Waals surface area contributed by atoms with E-state index in [1.807, 2.05) is 0 Å². The van der Waals surface area contributed by atoms with Gasteiger partial charge in [-0.25, -0.2) is 9.37 Å². The van der Waals surface area contributed by atoms with Crippen LogP contribution in [0.15, 0.2) is 70.2 Å². The molecular formula is C20H12BrFN2O3S. The lowest BCUT2D eigenvalue weighted by Gasteiger charge is -2.22. The second-order valence-corrected chi connectivity index (χ2v) is 7.83. The smallest absolute Gasteiger partial charge is 0.301 e. The van der Waals surface area contributed by atoms with Gasteiger partial charge in [0.2, 0.25) is 0 Å². The van der Waals surface area contributed by atoms with Gasteiger partial charge in [-0.05, 0) is 29.8 Å². The fraction of sp³-hybridized carbons (Fsp3) is 0.0500. The summed E-state index contributed by atoms with van der Waals surface area (Å²) in [5.41, 5.74) is 0.830. The zero-order valence-electron chi connectivity index (χ0n) is 14.2. The highest BCUT2D eigenvalue weighted by Gasteiger charge is 2.47. The Bertz CT molecular complexity index is 1080. The monoisotopic (exact) mass is 458 g/mol. The highest BCUT2D eigenvalue weighted by atomic mass is 79.9. The molecule has 140 valence electrons. The van der Waals surface area contributed by atoms with E-state index in [4.69, 9.17) is 0 Å². The Morgan fingerprint density at radius 1 is 1.11 bits per heavy atom. The number of thiazole rings is 1. The number of hydrogen-bond acceptors (Lipinski definition) is 5. The van der Waals surface area contributed by atoms with Crippen LogP contribution in [0.3, 0.4) is 0 Å². The van der Waals surface area contributed by atoms with Gasteiger partial charge >= 0.3 is 5.91 Å². The SMILES string of the molecule is O=C1C(=O)N(c2nccs2)[C@@H](c2ccc(F)cc2)C1=C(O)c1ccc(Br)cc1. The van der Waals surface area contributed by atoms with Crippen molar-refractivity contribution in [3.05, 3.63) is 87.1 Å². The molecule has 0 saturated carbocycles. The van der Waals surface area contributed by atoms with Gasteiger partial charge < -0.3 is 5.11 Å². The summed E-state index contributed by atoms with van der Waals surface area (Å²) < 4.78 is 14.2. The number of anilines is 1. The molecule has 1 atom stereocenters. The molecule has 1 amide bonds. The van der Waals surface area contributed by atoms with E-state index in [1.165, 1.54) is 46.7 Å². The van der Waals surface area contributed by atoms with Crippen molar-refractivity contribution in [2.24, 2.45) is 0 Å². The summed E-state index contributed by atoms with van der Waals surface area (Å²) in [7, 11) is 0. The maximum absolute atomic E-state index is 13.4. The van der Waals surface area contributed by atoms with Gasteiger partial charge in [0, 0.05) is 21.6 Å². The lowest BCUT2D eigenvalue weighted by Crippen LogP contribution is -2.29. The molecule has 1 fully saturated rings. The first kappa shape index (κ1) is 18.5. The largest absolute Gasteiger partial charge is 0.507 e. The number of amides is 1. The molecule has 0 spiro atoms. The standard InChI is InChI=1S/C20H12BrFN2O3S/c21-13-5-1-12(2-6-13)17(25)15-16(11-3-7-14(22)8-4-11)24(19(27)18(15)26)20-23-9-10-28-20/h1-10,16,25H/t16-/m0/s1. The number of aliphatic hydroxyl groups excluding tert-OH is 1. The average Bonchev–Trinajstić information content (AvgIpc) is 3.30. The van der Waals surface area contributed by atoms with E-state index in [0.717, 1.165) is 4.47 Å². The Balaban J connectivity index is 1.93. The molecule has 1 saturated heterocycles. The Morgan fingerprint density at radius 2 is 1.79 bits per heavy atom. The third-order valence-electron chi connectivity index (χ3n) is 4.37. The zero-order valence-corrected chi connectivity index (χ0v) is 16.6. The topological polar surface area (TPSA) is 70.5 Å². The van der Waals surface area contributed by atoms with Crippen LogP contribution in [0.25, 0.3) is 5.76 Å². The van der Waals surface area contributed by atoms with Gasteiger partial charge in [-0.3, -0.25) is 14.5 Å². The Kier molecular flexibility index (Phi) is 4.82. The van der Waals surface area contributed by atoms with Crippen molar-refractivity contribution < 1.29 is 19.1 Å². The van der Waals surface area contributed by atoms with Gasteiger partial charge in [0.05, 0.1) is 11.6 Å². The van der Waals surface area contributed by atoms with Crippen molar-refractivity contribution >= 4 is 49.8 Å². The number of carbonyl (C=O) groups excluding carboxylic acids is 2. The highest BCUT2D eigenvalue weighted by molar-refractivity contribution is 9.10. The zero-order chi connectivity index (χ0) is 19.8. The average molecular weight is 459 g/mol. The highest BCUT2D eigenvalue weighted by Crippen LogP contribution is 2.42. The van der Waals surface area contributed by atoms with Crippen molar-refractivity contribution in [3.63, 3.8) is 0 Å². The van der Waals surface area contributed by atoms with Crippen molar-refractivity contribution in [3.8, 4) is 0 Å². The van der Waals surface area contributed by atoms with Crippen LogP contribution in [0, 0.1) is 5.82 Å². The fourth-order valence-corrected chi connectivity index (χ4v) is 4.02. The minimum Gasteiger partial charge on any atom is -0.507 e. The molecule has 1 aliphatic rings. The molecule has 28 heavy (non-hydrogen) atoms. The molecule has 2 heterocycles. The lowest BCUT2D eigenvalue weighted by atomic mass is 9.95.